The largest absolute Gasteiger partial charge is 0.497 e. The van der Waals surface area contributed by atoms with E-state index in [1.807, 2.05) is 19.1 Å². The first-order valence-corrected chi connectivity index (χ1v) is 8.16. The molecular formula is C16H21N3O3S. The monoisotopic (exact) mass is 335 g/mol. The molecule has 6 nitrogen and oxygen atoms in total. The second-order valence-electron chi connectivity index (χ2n) is 4.99. The molecule has 0 bridgehead atoms. The van der Waals surface area contributed by atoms with Crippen molar-refractivity contribution < 1.29 is 14.3 Å². The van der Waals surface area contributed by atoms with Crippen molar-refractivity contribution in [2.75, 3.05) is 14.2 Å². The van der Waals surface area contributed by atoms with Gasteiger partial charge >= 0.3 is 0 Å². The molecule has 2 aromatic rings. The van der Waals surface area contributed by atoms with Crippen molar-refractivity contribution in [3.05, 3.63) is 39.8 Å². The second kappa shape index (κ2) is 7.94. The number of rotatable bonds is 7. The van der Waals surface area contributed by atoms with Crippen molar-refractivity contribution in [3.63, 3.8) is 0 Å². The maximum absolute atomic E-state index is 12.2. The maximum atomic E-state index is 12.2. The SMILES string of the molecule is CCC(N)c1nc(C(=O)NCc2cc(OC)cc(OC)c2)cs1. The lowest BCUT2D eigenvalue weighted by Gasteiger charge is -2.09. The molecular weight excluding hydrogens is 314 g/mol. The molecule has 124 valence electrons. The van der Waals surface area contributed by atoms with Crippen LogP contribution in [-0.4, -0.2) is 25.1 Å². The Morgan fingerprint density at radius 3 is 2.52 bits per heavy atom. The Bertz CT molecular complexity index is 650. The first-order valence-electron chi connectivity index (χ1n) is 7.28. The molecule has 0 saturated carbocycles. The van der Waals surface area contributed by atoms with E-state index in [2.05, 4.69) is 10.3 Å². The van der Waals surface area contributed by atoms with Crippen LogP contribution < -0.4 is 20.5 Å². The summed E-state index contributed by atoms with van der Waals surface area (Å²) < 4.78 is 10.4. The lowest BCUT2D eigenvalue weighted by molar-refractivity contribution is 0.0946. The fourth-order valence-electron chi connectivity index (χ4n) is 1.98. The molecule has 3 N–H and O–H groups in total. The topological polar surface area (TPSA) is 86.5 Å². The lowest BCUT2D eigenvalue weighted by Crippen LogP contribution is -2.23. The molecule has 0 radical (unpaired) electrons. The van der Waals surface area contributed by atoms with Gasteiger partial charge in [-0.15, -0.1) is 11.3 Å². The van der Waals surface area contributed by atoms with Crippen molar-refractivity contribution in [1.82, 2.24) is 10.3 Å². The molecule has 1 amide bonds. The van der Waals surface area contributed by atoms with E-state index in [-0.39, 0.29) is 11.9 Å². The van der Waals surface area contributed by atoms with E-state index < -0.39 is 0 Å². The molecule has 2 rings (SSSR count). The van der Waals surface area contributed by atoms with Gasteiger partial charge in [-0.2, -0.15) is 0 Å². The normalized spacial score (nSPS) is 11.8. The molecule has 0 spiro atoms. The summed E-state index contributed by atoms with van der Waals surface area (Å²) in [4.78, 5) is 16.5. The van der Waals surface area contributed by atoms with Crippen LogP contribution in [0.2, 0.25) is 0 Å². The molecule has 1 unspecified atom stereocenters. The number of nitrogens with zero attached hydrogens (tertiary/aromatic N) is 1. The highest BCUT2D eigenvalue weighted by atomic mass is 32.1. The Labute approximate surface area is 139 Å². The van der Waals surface area contributed by atoms with Crippen LogP contribution in [0.5, 0.6) is 11.5 Å². The van der Waals surface area contributed by atoms with E-state index >= 15 is 0 Å². The summed E-state index contributed by atoms with van der Waals surface area (Å²) in [5.74, 6) is 1.13. The van der Waals surface area contributed by atoms with Gasteiger partial charge in [0.05, 0.1) is 20.3 Å². The maximum Gasteiger partial charge on any atom is 0.271 e. The minimum atomic E-state index is -0.224. The van der Waals surface area contributed by atoms with E-state index in [1.165, 1.54) is 11.3 Å². The van der Waals surface area contributed by atoms with E-state index in [0.717, 1.165) is 17.0 Å². The van der Waals surface area contributed by atoms with Crippen LogP contribution in [0.4, 0.5) is 0 Å². The van der Waals surface area contributed by atoms with Crippen LogP contribution >= 0.6 is 11.3 Å². The summed E-state index contributed by atoms with van der Waals surface area (Å²) in [6.45, 7) is 2.35. The average molecular weight is 335 g/mol. The molecule has 1 aromatic heterocycles. The highest BCUT2D eigenvalue weighted by Crippen LogP contribution is 2.22. The summed E-state index contributed by atoms with van der Waals surface area (Å²) in [5, 5.41) is 5.35. The minimum absolute atomic E-state index is 0.121. The molecule has 0 aliphatic heterocycles. The molecule has 7 heteroatoms. The number of hydrogen-bond acceptors (Lipinski definition) is 6. The van der Waals surface area contributed by atoms with Crippen LogP contribution in [-0.2, 0) is 6.54 Å². The summed E-state index contributed by atoms with van der Waals surface area (Å²) in [6.07, 6.45) is 0.790. The van der Waals surface area contributed by atoms with Gasteiger partial charge in [0.15, 0.2) is 0 Å². The van der Waals surface area contributed by atoms with Crippen LogP contribution in [0, 0.1) is 0 Å². The van der Waals surface area contributed by atoms with Gasteiger partial charge in [0, 0.05) is 18.0 Å². The number of carbonyl (C=O) groups is 1. The number of thiazole rings is 1. The number of benzene rings is 1. The Balaban J connectivity index is 2.02. The average Bonchev–Trinajstić information content (AvgIpc) is 3.08. The number of amides is 1. The molecule has 23 heavy (non-hydrogen) atoms. The van der Waals surface area contributed by atoms with E-state index in [0.29, 0.717) is 23.7 Å². The van der Waals surface area contributed by atoms with Gasteiger partial charge in [0.2, 0.25) is 0 Å². The third kappa shape index (κ3) is 4.43. The van der Waals surface area contributed by atoms with Crippen LogP contribution in [0.25, 0.3) is 0 Å². The van der Waals surface area contributed by atoms with Crippen LogP contribution in [0.1, 0.15) is 40.4 Å². The quantitative estimate of drug-likeness (QED) is 0.812. The number of hydrogen-bond donors (Lipinski definition) is 2. The fraction of sp³-hybridized carbons (Fsp3) is 0.375. The van der Waals surface area contributed by atoms with Gasteiger partial charge in [0.25, 0.3) is 5.91 Å². The highest BCUT2D eigenvalue weighted by Gasteiger charge is 2.14. The number of aromatic nitrogens is 1. The summed E-state index contributed by atoms with van der Waals surface area (Å²) in [6, 6.07) is 5.36. The predicted octanol–water partition coefficient (Wildman–Crippen LogP) is 2.50. The molecule has 0 aliphatic rings. The minimum Gasteiger partial charge on any atom is -0.497 e. The first-order chi connectivity index (χ1) is 11.1. The Morgan fingerprint density at radius 1 is 1.30 bits per heavy atom. The number of ether oxygens (including phenoxy) is 2. The van der Waals surface area contributed by atoms with Gasteiger partial charge < -0.3 is 20.5 Å². The Morgan fingerprint density at radius 2 is 1.96 bits per heavy atom. The van der Waals surface area contributed by atoms with Gasteiger partial charge in [-0.1, -0.05) is 6.92 Å². The lowest BCUT2D eigenvalue weighted by atomic mass is 10.2. The number of methoxy groups -OCH3 is 2. The number of nitrogens with one attached hydrogen (secondary N) is 1. The van der Waals surface area contributed by atoms with Crippen LogP contribution in [0.3, 0.4) is 0 Å². The fourth-order valence-corrected chi connectivity index (χ4v) is 2.86. The zero-order valence-electron chi connectivity index (χ0n) is 13.5. The molecule has 1 atom stereocenters. The summed E-state index contributed by atoms with van der Waals surface area (Å²) in [7, 11) is 3.18. The zero-order valence-corrected chi connectivity index (χ0v) is 14.3. The number of carbonyl (C=O) groups excluding carboxylic acids is 1. The number of nitrogens with two attached hydrogens (primary N) is 1. The third-order valence-electron chi connectivity index (χ3n) is 3.38. The smallest absolute Gasteiger partial charge is 0.271 e. The zero-order chi connectivity index (χ0) is 16.8. The molecule has 0 fully saturated rings. The van der Waals surface area contributed by atoms with Crippen molar-refractivity contribution in [3.8, 4) is 11.5 Å². The molecule has 0 aliphatic carbocycles. The van der Waals surface area contributed by atoms with Gasteiger partial charge in [-0.3, -0.25) is 4.79 Å². The predicted molar refractivity (Wildman–Crippen MR) is 90.0 cm³/mol. The van der Waals surface area contributed by atoms with Crippen molar-refractivity contribution in [1.29, 1.82) is 0 Å². The molecule has 1 heterocycles. The summed E-state index contributed by atoms with van der Waals surface area (Å²) in [5.41, 5.74) is 7.20. The van der Waals surface area contributed by atoms with Crippen molar-refractivity contribution in [2.45, 2.75) is 25.9 Å². The summed E-state index contributed by atoms with van der Waals surface area (Å²) >= 11 is 1.41. The highest BCUT2D eigenvalue weighted by molar-refractivity contribution is 7.09. The van der Waals surface area contributed by atoms with E-state index in [4.69, 9.17) is 15.2 Å². The first kappa shape index (κ1) is 17.2. The molecule has 1 aromatic carbocycles. The van der Waals surface area contributed by atoms with Crippen LogP contribution in [0.15, 0.2) is 23.6 Å². The van der Waals surface area contributed by atoms with E-state index in [9.17, 15) is 4.79 Å². The third-order valence-corrected chi connectivity index (χ3v) is 4.35. The van der Waals surface area contributed by atoms with Gasteiger partial charge in [-0.05, 0) is 24.1 Å². The van der Waals surface area contributed by atoms with Crippen molar-refractivity contribution >= 4 is 17.2 Å². The Hall–Kier alpha value is -2.12. The second-order valence-corrected chi connectivity index (χ2v) is 5.88. The van der Waals surface area contributed by atoms with Gasteiger partial charge in [-0.25, -0.2) is 4.98 Å². The standard InChI is InChI=1S/C16H21N3O3S/c1-4-13(17)16-19-14(9-23-16)15(20)18-8-10-5-11(21-2)7-12(6-10)22-3/h5-7,9,13H,4,8,17H2,1-3H3,(H,18,20). The van der Waals surface area contributed by atoms with Gasteiger partial charge in [0.1, 0.15) is 22.2 Å². The molecule has 0 saturated heterocycles. The Kier molecular flexibility index (Phi) is 5.95. The van der Waals surface area contributed by atoms with Crippen molar-refractivity contribution in [2.24, 2.45) is 5.73 Å². The van der Waals surface area contributed by atoms with E-state index in [1.54, 1.807) is 25.7 Å².